The Morgan fingerprint density at radius 3 is 2.41 bits per heavy atom. The fourth-order valence-corrected chi connectivity index (χ4v) is 4.05. The molecular formula is C28H31N3O. The lowest BCUT2D eigenvalue weighted by molar-refractivity contribution is 0.0953. The maximum Gasteiger partial charge on any atom is 0.251 e. The first-order valence-electron chi connectivity index (χ1n) is 11.5. The summed E-state index contributed by atoms with van der Waals surface area (Å²) in [5.41, 5.74) is 5.52. The fourth-order valence-electron chi connectivity index (χ4n) is 4.05. The van der Waals surface area contributed by atoms with Gasteiger partial charge in [0.2, 0.25) is 0 Å². The summed E-state index contributed by atoms with van der Waals surface area (Å²) in [5, 5.41) is 3.03. The van der Waals surface area contributed by atoms with Crippen molar-refractivity contribution in [2.75, 3.05) is 6.54 Å². The number of para-hydroxylation sites is 2. The minimum atomic E-state index is 0.00713. The predicted molar refractivity (Wildman–Crippen MR) is 131 cm³/mol. The summed E-state index contributed by atoms with van der Waals surface area (Å²) in [6.45, 7) is 3.67. The topological polar surface area (TPSA) is 46.9 Å². The van der Waals surface area contributed by atoms with Gasteiger partial charge in [-0.3, -0.25) is 4.79 Å². The van der Waals surface area contributed by atoms with E-state index in [-0.39, 0.29) is 5.91 Å². The minimum absolute atomic E-state index is 0.00713. The number of fused-ring (bicyclic) bond motifs is 1. The SMILES string of the molecule is Cc1ccc(C(=O)NCCCCCc2nc3ccccc3n2CCc2ccccc2)cc1. The highest BCUT2D eigenvalue weighted by atomic mass is 16.1. The molecule has 4 nitrogen and oxygen atoms in total. The fraction of sp³-hybridized carbons (Fsp3) is 0.286. The molecule has 4 heteroatoms. The summed E-state index contributed by atoms with van der Waals surface area (Å²) in [4.78, 5) is 17.1. The lowest BCUT2D eigenvalue weighted by Gasteiger charge is -2.10. The van der Waals surface area contributed by atoms with Gasteiger partial charge >= 0.3 is 0 Å². The van der Waals surface area contributed by atoms with Crippen LogP contribution in [0.25, 0.3) is 11.0 Å². The molecule has 4 aromatic rings. The largest absolute Gasteiger partial charge is 0.352 e. The normalized spacial score (nSPS) is 11.0. The van der Waals surface area contributed by atoms with Crippen LogP contribution in [0.1, 0.15) is 46.6 Å². The van der Waals surface area contributed by atoms with Crippen LogP contribution in [0.2, 0.25) is 0 Å². The van der Waals surface area contributed by atoms with E-state index in [0.717, 1.165) is 61.1 Å². The minimum Gasteiger partial charge on any atom is -0.352 e. The van der Waals surface area contributed by atoms with Crippen LogP contribution < -0.4 is 5.32 Å². The van der Waals surface area contributed by atoms with E-state index in [2.05, 4.69) is 64.5 Å². The van der Waals surface area contributed by atoms with Crippen molar-refractivity contribution in [3.05, 3.63) is 101 Å². The molecule has 0 fully saturated rings. The van der Waals surface area contributed by atoms with Gasteiger partial charge in [-0.15, -0.1) is 0 Å². The van der Waals surface area contributed by atoms with E-state index in [9.17, 15) is 4.79 Å². The molecular weight excluding hydrogens is 394 g/mol. The first-order chi connectivity index (χ1) is 15.7. The van der Waals surface area contributed by atoms with Crippen molar-refractivity contribution >= 4 is 16.9 Å². The third kappa shape index (κ3) is 5.64. The lowest BCUT2D eigenvalue weighted by Crippen LogP contribution is -2.24. The zero-order valence-corrected chi connectivity index (χ0v) is 18.8. The van der Waals surface area contributed by atoms with Crippen LogP contribution in [0.5, 0.6) is 0 Å². The monoisotopic (exact) mass is 425 g/mol. The number of imidazole rings is 1. The van der Waals surface area contributed by atoms with Crippen molar-refractivity contribution in [1.29, 1.82) is 0 Å². The summed E-state index contributed by atoms with van der Waals surface area (Å²) >= 11 is 0. The number of nitrogens with one attached hydrogen (secondary N) is 1. The molecule has 3 aromatic carbocycles. The van der Waals surface area contributed by atoms with Crippen LogP contribution in [0.3, 0.4) is 0 Å². The molecule has 0 saturated carbocycles. The van der Waals surface area contributed by atoms with Gasteiger partial charge in [-0.05, 0) is 56.0 Å². The quantitative estimate of drug-likeness (QED) is 0.330. The molecule has 164 valence electrons. The molecule has 0 spiro atoms. The van der Waals surface area contributed by atoms with Crippen LogP contribution in [0.4, 0.5) is 0 Å². The Balaban J connectivity index is 1.28. The molecule has 1 heterocycles. The molecule has 0 aliphatic carbocycles. The number of rotatable bonds is 10. The van der Waals surface area contributed by atoms with Crippen molar-refractivity contribution in [3.8, 4) is 0 Å². The Morgan fingerprint density at radius 1 is 0.844 bits per heavy atom. The van der Waals surface area contributed by atoms with E-state index in [1.54, 1.807) is 0 Å². The second-order valence-corrected chi connectivity index (χ2v) is 8.34. The molecule has 0 atom stereocenters. The van der Waals surface area contributed by atoms with Gasteiger partial charge in [0.25, 0.3) is 5.91 Å². The van der Waals surface area contributed by atoms with E-state index < -0.39 is 0 Å². The van der Waals surface area contributed by atoms with Crippen molar-refractivity contribution in [1.82, 2.24) is 14.9 Å². The maximum atomic E-state index is 12.2. The summed E-state index contributed by atoms with van der Waals surface area (Å²) in [5.74, 6) is 1.17. The number of benzene rings is 3. The number of hydrogen-bond donors (Lipinski definition) is 1. The van der Waals surface area contributed by atoms with Gasteiger partial charge in [0.15, 0.2) is 0 Å². The average molecular weight is 426 g/mol. The Labute approximate surface area is 190 Å². The van der Waals surface area contributed by atoms with E-state index >= 15 is 0 Å². The number of hydrogen-bond acceptors (Lipinski definition) is 2. The molecule has 0 radical (unpaired) electrons. The summed E-state index contributed by atoms with van der Waals surface area (Å²) in [7, 11) is 0. The summed E-state index contributed by atoms with van der Waals surface area (Å²) in [6.07, 6.45) is 5.06. The number of nitrogens with zero attached hydrogens (tertiary/aromatic N) is 2. The number of aryl methyl sites for hydroxylation is 4. The van der Waals surface area contributed by atoms with Gasteiger partial charge in [-0.1, -0.05) is 66.6 Å². The zero-order valence-electron chi connectivity index (χ0n) is 18.8. The molecule has 1 aromatic heterocycles. The third-order valence-electron chi connectivity index (χ3n) is 5.88. The number of unbranched alkanes of at least 4 members (excludes halogenated alkanes) is 2. The molecule has 0 saturated heterocycles. The van der Waals surface area contributed by atoms with E-state index in [4.69, 9.17) is 4.98 Å². The lowest BCUT2D eigenvalue weighted by atomic mass is 10.1. The summed E-state index contributed by atoms with van der Waals surface area (Å²) < 4.78 is 2.38. The maximum absolute atomic E-state index is 12.2. The third-order valence-corrected chi connectivity index (χ3v) is 5.88. The highest BCUT2D eigenvalue weighted by Gasteiger charge is 2.10. The highest BCUT2D eigenvalue weighted by molar-refractivity contribution is 5.94. The molecule has 0 unspecified atom stereocenters. The highest BCUT2D eigenvalue weighted by Crippen LogP contribution is 2.19. The molecule has 32 heavy (non-hydrogen) atoms. The molecule has 0 aliphatic rings. The van der Waals surface area contributed by atoms with Gasteiger partial charge in [0.1, 0.15) is 5.82 Å². The molecule has 4 rings (SSSR count). The molecule has 1 amide bonds. The van der Waals surface area contributed by atoms with Crippen LogP contribution in [0, 0.1) is 6.92 Å². The molecule has 1 N–H and O–H groups in total. The Hall–Kier alpha value is -3.40. The first-order valence-corrected chi connectivity index (χ1v) is 11.5. The Bertz CT molecular complexity index is 1150. The van der Waals surface area contributed by atoms with Crippen molar-refractivity contribution in [3.63, 3.8) is 0 Å². The van der Waals surface area contributed by atoms with Crippen molar-refractivity contribution < 1.29 is 4.79 Å². The van der Waals surface area contributed by atoms with Crippen molar-refractivity contribution in [2.24, 2.45) is 0 Å². The number of aromatic nitrogens is 2. The van der Waals surface area contributed by atoms with Gasteiger partial charge in [0, 0.05) is 25.1 Å². The van der Waals surface area contributed by atoms with Gasteiger partial charge < -0.3 is 9.88 Å². The standard InChI is InChI=1S/C28H31N3O/c1-22-15-17-24(18-16-22)28(32)29-20-9-3-6-14-27-30-25-12-7-8-13-26(25)31(27)21-19-23-10-4-2-5-11-23/h2,4-5,7-8,10-13,15-18H,3,6,9,14,19-21H2,1H3,(H,29,32). The molecule has 0 bridgehead atoms. The second kappa shape index (κ2) is 10.8. The Kier molecular flexibility index (Phi) is 7.34. The van der Waals surface area contributed by atoms with Gasteiger partial charge in [-0.2, -0.15) is 0 Å². The zero-order chi connectivity index (χ0) is 22.2. The van der Waals surface area contributed by atoms with Crippen molar-refractivity contribution in [2.45, 2.75) is 45.6 Å². The predicted octanol–water partition coefficient (Wildman–Crippen LogP) is 5.73. The summed E-state index contributed by atoms with van der Waals surface area (Å²) in [6, 6.07) is 26.7. The van der Waals surface area contributed by atoms with Crippen LogP contribution in [0.15, 0.2) is 78.9 Å². The first kappa shape index (κ1) is 21.8. The van der Waals surface area contributed by atoms with E-state index in [0.29, 0.717) is 6.54 Å². The Morgan fingerprint density at radius 2 is 1.59 bits per heavy atom. The van der Waals surface area contributed by atoms with Crippen LogP contribution in [-0.2, 0) is 19.4 Å². The van der Waals surface area contributed by atoms with E-state index in [1.165, 1.54) is 11.1 Å². The molecule has 0 aliphatic heterocycles. The van der Waals surface area contributed by atoms with Crippen LogP contribution in [-0.4, -0.2) is 22.0 Å². The number of carbonyl (C=O) groups is 1. The van der Waals surface area contributed by atoms with E-state index in [1.807, 2.05) is 31.2 Å². The smallest absolute Gasteiger partial charge is 0.251 e. The number of amides is 1. The van der Waals surface area contributed by atoms with Gasteiger partial charge in [-0.25, -0.2) is 4.98 Å². The average Bonchev–Trinajstić information content (AvgIpc) is 3.18. The van der Waals surface area contributed by atoms with Gasteiger partial charge in [0.05, 0.1) is 11.0 Å². The second-order valence-electron chi connectivity index (χ2n) is 8.34. The number of carbonyl (C=O) groups excluding carboxylic acids is 1. The van der Waals surface area contributed by atoms with Crippen LogP contribution >= 0.6 is 0 Å².